The number of Topliss-reactive ketones (excluding diaryl/α,β-unsaturated/α-hetero) is 3. The van der Waals surface area contributed by atoms with Crippen LogP contribution < -0.4 is 0 Å². The third-order valence-corrected chi connectivity index (χ3v) is 4.16. The second-order valence-corrected chi connectivity index (χ2v) is 5.49. The van der Waals surface area contributed by atoms with Crippen LogP contribution in [0.4, 0.5) is 0 Å². The van der Waals surface area contributed by atoms with Crippen LogP contribution in [0.5, 0.6) is 0 Å². The minimum absolute atomic E-state index is 0.0228. The lowest BCUT2D eigenvalue weighted by Crippen LogP contribution is -2.35. The Morgan fingerprint density at radius 1 is 1.00 bits per heavy atom. The van der Waals surface area contributed by atoms with Crippen molar-refractivity contribution in [3.05, 3.63) is 32.8 Å². The Hall–Kier alpha value is -0.900. The van der Waals surface area contributed by atoms with Gasteiger partial charge in [0.15, 0.2) is 17.3 Å². The highest BCUT2D eigenvalue weighted by molar-refractivity contribution is 6.47. The summed E-state index contributed by atoms with van der Waals surface area (Å²) in [4.78, 5) is 35.9. The molecule has 6 heteroatoms. The van der Waals surface area contributed by atoms with Gasteiger partial charge < -0.3 is 0 Å². The Kier molecular flexibility index (Phi) is 4.29. The molecule has 0 aromatic heterocycles. The van der Waals surface area contributed by atoms with Gasteiger partial charge in [0.1, 0.15) is 5.92 Å². The number of rotatable bonds is 2. The molecule has 0 amide bonds. The van der Waals surface area contributed by atoms with Crippen LogP contribution in [0.1, 0.15) is 29.6 Å². The van der Waals surface area contributed by atoms with Crippen LogP contribution >= 0.6 is 34.8 Å². The Morgan fingerprint density at radius 3 is 2.11 bits per heavy atom. The van der Waals surface area contributed by atoms with Crippen molar-refractivity contribution < 1.29 is 14.4 Å². The monoisotopic (exact) mass is 318 g/mol. The summed E-state index contributed by atoms with van der Waals surface area (Å²) in [6.07, 6.45) is 0.925. The van der Waals surface area contributed by atoms with E-state index in [0.717, 1.165) is 0 Å². The van der Waals surface area contributed by atoms with Gasteiger partial charge >= 0.3 is 0 Å². The van der Waals surface area contributed by atoms with Gasteiger partial charge in [-0.05, 0) is 18.6 Å². The number of halogens is 3. The van der Waals surface area contributed by atoms with E-state index in [1.165, 1.54) is 12.1 Å². The molecule has 0 saturated heterocycles. The van der Waals surface area contributed by atoms with Crippen molar-refractivity contribution in [3.63, 3.8) is 0 Å². The molecule has 0 spiro atoms. The van der Waals surface area contributed by atoms with Crippen LogP contribution in [0.15, 0.2) is 12.1 Å². The van der Waals surface area contributed by atoms with Crippen molar-refractivity contribution in [2.24, 2.45) is 5.92 Å². The highest BCUT2D eigenvalue weighted by Gasteiger charge is 2.38. The van der Waals surface area contributed by atoms with Gasteiger partial charge in [0.2, 0.25) is 0 Å². The first-order valence-electron chi connectivity index (χ1n) is 5.66. The number of ketones is 3. The van der Waals surface area contributed by atoms with Gasteiger partial charge in [0.05, 0.1) is 20.6 Å². The predicted molar refractivity (Wildman–Crippen MR) is 73.2 cm³/mol. The molecular formula is C13H9Cl3O3. The van der Waals surface area contributed by atoms with Gasteiger partial charge in [0.25, 0.3) is 0 Å². The van der Waals surface area contributed by atoms with Crippen molar-refractivity contribution in [1.29, 1.82) is 0 Å². The van der Waals surface area contributed by atoms with Crippen molar-refractivity contribution in [3.8, 4) is 0 Å². The number of carbonyl (C=O) groups excluding carboxylic acids is 3. The number of hydrogen-bond donors (Lipinski definition) is 0. The Morgan fingerprint density at radius 2 is 1.53 bits per heavy atom. The first-order chi connectivity index (χ1) is 8.93. The second-order valence-electron chi connectivity index (χ2n) is 4.30. The molecule has 100 valence electrons. The topological polar surface area (TPSA) is 51.2 Å². The van der Waals surface area contributed by atoms with Gasteiger partial charge in [-0.1, -0.05) is 34.8 Å². The molecule has 1 aliphatic carbocycles. The van der Waals surface area contributed by atoms with Gasteiger partial charge in [0, 0.05) is 12.8 Å². The lowest BCUT2D eigenvalue weighted by molar-refractivity contribution is -0.133. The standard InChI is InChI=1S/C13H9Cl3O3/c14-6-4-5-7(15)12(16)10(6)13(19)11-8(17)2-1-3-9(11)18/h4-5,11H,1-3H2. The third kappa shape index (κ3) is 2.69. The van der Waals surface area contributed by atoms with Gasteiger partial charge in [-0.15, -0.1) is 0 Å². The molecule has 0 heterocycles. The van der Waals surface area contributed by atoms with Crippen LogP contribution in [0.25, 0.3) is 0 Å². The molecule has 19 heavy (non-hydrogen) atoms. The fourth-order valence-corrected chi connectivity index (χ4v) is 2.81. The zero-order chi connectivity index (χ0) is 14.2. The van der Waals surface area contributed by atoms with E-state index < -0.39 is 11.7 Å². The zero-order valence-corrected chi connectivity index (χ0v) is 12.0. The molecule has 1 aliphatic rings. The van der Waals surface area contributed by atoms with Crippen LogP contribution in [0, 0.1) is 5.92 Å². The zero-order valence-electron chi connectivity index (χ0n) is 9.71. The summed E-state index contributed by atoms with van der Waals surface area (Å²) in [6.45, 7) is 0. The summed E-state index contributed by atoms with van der Waals surface area (Å²) in [5.41, 5.74) is -0.0515. The minimum atomic E-state index is -1.29. The highest BCUT2D eigenvalue weighted by atomic mass is 35.5. The average Bonchev–Trinajstić information content (AvgIpc) is 2.34. The quantitative estimate of drug-likeness (QED) is 0.474. The molecule has 1 saturated carbocycles. The number of carbonyl (C=O) groups is 3. The maximum absolute atomic E-state index is 12.3. The van der Waals surface area contributed by atoms with E-state index in [1.54, 1.807) is 0 Å². The molecule has 1 fully saturated rings. The maximum atomic E-state index is 12.3. The number of hydrogen-bond acceptors (Lipinski definition) is 3. The first-order valence-corrected chi connectivity index (χ1v) is 6.80. The van der Waals surface area contributed by atoms with E-state index in [-0.39, 0.29) is 45.0 Å². The van der Waals surface area contributed by atoms with E-state index >= 15 is 0 Å². The van der Waals surface area contributed by atoms with Gasteiger partial charge in [-0.3, -0.25) is 14.4 Å². The summed E-state index contributed by atoms with van der Waals surface area (Å²) in [6, 6.07) is 2.87. The van der Waals surface area contributed by atoms with E-state index in [0.29, 0.717) is 6.42 Å². The lowest BCUT2D eigenvalue weighted by Gasteiger charge is -2.19. The molecule has 0 radical (unpaired) electrons. The van der Waals surface area contributed by atoms with Crippen LogP contribution in [0.3, 0.4) is 0 Å². The number of benzene rings is 1. The Labute approximate surface area is 124 Å². The average molecular weight is 320 g/mol. The van der Waals surface area contributed by atoms with Crippen molar-refractivity contribution in [2.75, 3.05) is 0 Å². The molecule has 0 N–H and O–H groups in total. The fourth-order valence-electron chi connectivity index (χ4n) is 2.09. The van der Waals surface area contributed by atoms with Crippen molar-refractivity contribution in [2.45, 2.75) is 19.3 Å². The Bertz CT molecular complexity index is 565. The van der Waals surface area contributed by atoms with Crippen LogP contribution in [-0.4, -0.2) is 17.3 Å². The molecular weight excluding hydrogens is 310 g/mol. The molecule has 0 atom stereocenters. The second kappa shape index (κ2) is 5.61. The summed E-state index contributed by atoms with van der Waals surface area (Å²) < 4.78 is 0. The van der Waals surface area contributed by atoms with Crippen molar-refractivity contribution >= 4 is 52.2 Å². The largest absolute Gasteiger partial charge is 0.298 e. The maximum Gasteiger partial charge on any atom is 0.183 e. The molecule has 0 aliphatic heterocycles. The van der Waals surface area contributed by atoms with Gasteiger partial charge in [-0.2, -0.15) is 0 Å². The highest BCUT2D eigenvalue weighted by Crippen LogP contribution is 2.34. The summed E-state index contributed by atoms with van der Waals surface area (Å²) in [7, 11) is 0. The molecule has 0 unspecified atom stereocenters. The molecule has 2 rings (SSSR count). The van der Waals surface area contributed by atoms with E-state index in [2.05, 4.69) is 0 Å². The first kappa shape index (κ1) is 14.5. The van der Waals surface area contributed by atoms with Gasteiger partial charge in [-0.25, -0.2) is 0 Å². The van der Waals surface area contributed by atoms with E-state index in [1.807, 2.05) is 0 Å². The molecule has 3 nitrogen and oxygen atoms in total. The predicted octanol–water partition coefficient (Wildman–Crippen LogP) is 3.77. The molecule has 1 aromatic carbocycles. The van der Waals surface area contributed by atoms with Crippen molar-refractivity contribution in [1.82, 2.24) is 0 Å². The summed E-state index contributed by atoms with van der Waals surface area (Å²) in [5.74, 6) is -2.71. The molecule has 1 aromatic rings. The lowest BCUT2D eigenvalue weighted by atomic mass is 9.81. The van der Waals surface area contributed by atoms with Crippen LogP contribution in [0.2, 0.25) is 15.1 Å². The normalized spacial score (nSPS) is 16.8. The van der Waals surface area contributed by atoms with Crippen LogP contribution in [-0.2, 0) is 9.59 Å². The molecule has 0 bridgehead atoms. The fraction of sp³-hybridized carbons (Fsp3) is 0.308. The van der Waals surface area contributed by atoms with E-state index in [4.69, 9.17) is 34.8 Å². The SMILES string of the molecule is O=C1CCCC(=O)C1C(=O)c1c(Cl)ccc(Cl)c1Cl. The minimum Gasteiger partial charge on any atom is -0.298 e. The summed E-state index contributed by atoms with van der Waals surface area (Å²) in [5, 5.41) is 0.223. The van der Waals surface area contributed by atoms with E-state index in [9.17, 15) is 14.4 Å². The smallest absolute Gasteiger partial charge is 0.183 e. The summed E-state index contributed by atoms with van der Waals surface area (Å²) >= 11 is 17.7. The Balaban J connectivity index is 2.47. The third-order valence-electron chi connectivity index (χ3n) is 3.04.